The van der Waals surface area contributed by atoms with Crippen LogP contribution in [0.4, 0.5) is 11.4 Å². The zero-order valence-corrected chi connectivity index (χ0v) is 26.0. The molecule has 0 saturated heterocycles. The molecular weight excluding hydrogens is 571 g/mol. The monoisotopic (exact) mass is 601 g/mol. The summed E-state index contributed by atoms with van der Waals surface area (Å²) in [6, 6.07) is 53.3. The molecule has 0 aliphatic rings. The fourth-order valence-electron chi connectivity index (χ4n) is 6.80. The summed E-state index contributed by atoms with van der Waals surface area (Å²) in [6.07, 6.45) is 9.70. The van der Waals surface area contributed by atoms with Crippen molar-refractivity contribution >= 4 is 60.4 Å². The molecule has 0 fully saturated rings. The van der Waals surface area contributed by atoms with Crippen molar-refractivity contribution in [3.63, 3.8) is 0 Å². The van der Waals surface area contributed by atoms with Crippen molar-refractivity contribution in [2.75, 3.05) is 4.90 Å². The molecule has 0 spiro atoms. The zero-order chi connectivity index (χ0) is 31.7. The van der Waals surface area contributed by atoms with Crippen molar-refractivity contribution in [3.05, 3.63) is 175 Å². The van der Waals surface area contributed by atoms with Gasteiger partial charge in [-0.05, 0) is 76.4 Å². The highest BCUT2D eigenvalue weighted by molar-refractivity contribution is 6.22. The van der Waals surface area contributed by atoms with Crippen LogP contribution in [0.3, 0.4) is 0 Å². The quantitative estimate of drug-likeness (QED) is 0.139. The third kappa shape index (κ3) is 4.86. The first-order valence-electron chi connectivity index (χ1n) is 15.8. The standard InChI is InChI=1S/C45H31NO/c1-3-4-26-40(31(2)32-17-7-5-8-18-32)46(41-27-15-22-33-21-11-12-23-35(33)41)42-28-16-29-43-44(42)39-30-38(34-19-9-6-10-20-34)36-24-13-14-25-37(36)45(39)47-43/h1,4-30H,2H3/b26-4-,40-31-. The molecule has 0 radical (unpaired) electrons. The van der Waals surface area contributed by atoms with E-state index in [1.165, 1.54) is 11.1 Å². The van der Waals surface area contributed by atoms with Crippen LogP contribution in [0.1, 0.15) is 12.5 Å². The van der Waals surface area contributed by atoms with Crippen LogP contribution >= 0.6 is 0 Å². The van der Waals surface area contributed by atoms with E-state index in [1.807, 2.05) is 6.07 Å². The summed E-state index contributed by atoms with van der Waals surface area (Å²) in [5.74, 6) is 2.75. The van der Waals surface area contributed by atoms with Crippen LogP contribution in [0, 0.1) is 12.3 Å². The number of terminal acetylenes is 1. The maximum Gasteiger partial charge on any atom is 0.143 e. The number of allylic oxidation sites excluding steroid dienone is 3. The molecule has 1 aromatic heterocycles. The molecular formula is C45H31NO. The van der Waals surface area contributed by atoms with Crippen molar-refractivity contribution in [2.45, 2.75) is 6.92 Å². The lowest BCUT2D eigenvalue weighted by Crippen LogP contribution is -2.17. The minimum Gasteiger partial charge on any atom is -0.455 e. The van der Waals surface area contributed by atoms with Crippen molar-refractivity contribution in [1.29, 1.82) is 0 Å². The van der Waals surface area contributed by atoms with E-state index in [9.17, 15) is 0 Å². The van der Waals surface area contributed by atoms with Crippen LogP contribution in [-0.2, 0) is 0 Å². The smallest absolute Gasteiger partial charge is 0.143 e. The lowest BCUT2D eigenvalue weighted by molar-refractivity contribution is 0.672. The summed E-state index contributed by atoms with van der Waals surface area (Å²) < 4.78 is 6.78. The first kappa shape index (κ1) is 28.2. The highest BCUT2D eigenvalue weighted by atomic mass is 16.3. The van der Waals surface area contributed by atoms with Gasteiger partial charge in [0.25, 0.3) is 0 Å². The number of hydrogen-bond donors (Lipinski definition) is 0. The Kier molecular flexibility index (Phi) is 7.14. The number of benzene rings is 7. The van der Waals surface area contributed by atoms with E-state index >= 15 is 0 Å². The zero-order valence-electron chi connectivity index (χ0n) is 26.0. The number of anilines is 2. The topological polar surface area (TPSA) is 16.4 Å². The molecule has 0 bridgehead atoms. The first-order chi connectivity index (χ1) is 23.2. The normalized spacial score (nSPS) is 12.2. The van der Waals surface area contributed by atoms with Gasteiger partial charge in [0.15, 0.2) is 0 Å². The summed E-state index contributed by atoms with van der Waals surface area (Å²) in [5.41, 5.74) is 9.32. The molecule has 0 aliphatic carbocycles. The van der Waals surface area contributed by atoms with Gasteiger partial charge >= 0.3 is 0 Å². The Hall–Kier alpha value is -6.30. The lowest BCUT2D eigenvalue weighted by atomic mass is 9.94. The number of rotatable bonds is 6. The summed E-state index contributed by atoms with van der Waals surface area (Å²) in [7, 11) is 0. The van der Waals surface area contributed by atoms with Gasteiger partial charge in [-0.3, -0.25) is 0 Å². The molecule has 2 heteroatoms. The number of furan rings is 1. The van der Waals surface area contributed by atoms with E-state index in [2.05, 4.69) is 169 Å². The fourth-order valence-corrected chi connectivity index (χ4v) is 6.80. The van der Waals surface area contributed by atoms with Crippen molar-refractivity contribution in [2.24, 2.45) is 0 Å². The van der Waals surface area contributed by atoms with Gasteiger partial charge < -0.3 is 9.32 Å². The maximum absolute atomic E-state index is 6.78. The molecule has 8 aromatic rings. The predicted octanol–water partition coefficient (Wildman–Crippen LogP) is 12.3. The second kappa shape index (κ2) is 11.9. The molecule has 0 amide bonds. The van der Waals surface area contributed by atoms with E-state index in [0.29, 0.717) is 0 Å². The van der Waals surface area contributed by atoms with Gasteiger partial charge in [0.05, 0.1) is 22.5 Å². The van der Waals surface area contributed by atoms with Crippen molar-refractivity contribution in [1.82, 2.24) is 0 Å². The Morgan fingerprint density at radius 1 is 0.638 bits per heavy atom. The van der Waals surface area contributed by atoms with Crippen LogP contribution in [0.2, 0.25) is 0 Å². The Morgan fingerprint density at radius 2 is 1.28 bits per heavy atom. The molecule has 8 rings (SSSR count). The molecule has 2 nitrogen and oxygen atoms in total. The van der Waals surface area contributed by atoms with Gasteiger partial charge in [0, 0.05) is 16.2 Å². The Balaban J connectivity index is 1.52. The first-order valence-corrected chi connectivity index (χ1v) is 15.8. The Morgan fingerprint density at radius 3 is 2.06 bits per heavy atom. The van der Waals surface area contributed by atoms with Crippen molar-refractivity contribution < 1.29 is 4.42 Å². The molecule has 1 heterocycles. The van der Waals surface area contributed by atoms with E-state index in [4.69, 9.17) is 10.8 Å². The molecule has 0 atom stereocenters. The largest absolute Gasteiger partial charge is 0.455 e. The second-order valence-electron chi connectivity index (χ2n) is 11.7. The number of fused-ring (bicyclic) bond motifs is 6. The van der Waals surface area contributed by atoms with Crippen LogP contribution in [0.15, 0.2) is 174 Å². The maximum atomic E-state index is 6.78. The molecule has 0 N–H and O–H groups in total. The summed E-state index contributed by atoms with van der Waals surface area (Å²) in [5, 5.41) is 6.67. The average molecular weight is 602 g/mol. The second-order valence-corrected chi connectivity index (χ2v) is 11.7. The fraction of sp³-hybridized carbons (Fsp3) is 0.0222. The van der Waals surface area contributed by atoms with Gasteiger partial charge in [-0.25, -0.2) is 0 Å². The van der Waals surface area contributed by atoms with E-state index in [-0.39, 0.29) is 0 Å². The highest BCUT2D eigenvalue weighted by Crippen LogP contribution is 2.47. The molecule has 0 saturated carbocycles. The third-order valence-corrected chi connectivity index (χ3v) is 8.98. The summed E-state index contributed by atoms with van der Waals surface area (Å²) >= 11 is 0. The molecule has 222 valence electrons. The van der Waals surface area contributed by atoms with Crippen LogP contribution in [0.25, 0.3) is 60.2 Å². The van der Waals surface area contributed by atoms with Gasteiger partial charge in [-0.2, -0.15) is 0 Å². The SMILES string of the molecule is C#C/C=C\C(=C(/C)c1ccccc1)N(c1cccc2ccccc12)c1cccc2oc3c4ccccc4c(-c4ccccc4)cc3c12. The average Bonchev–Trinajstić information content (AvgIpc) is 3.53. The highest BCUT2D eigenvalue weighted by Gasteiger charge is 2.24. The summed E-state index contributed by atoms with van der Waals surface area (Å²) in [4.78, 5) is 2.35. The number of hydrogen-bond acceptors (Lipinski definition) is 2. The molecule has 0 unspecified atom stereocenters. The van der Waals surface area contributed by atoms with Crippen LogP contribution in [-0.4, -0.2) is 0 Å². The minimum atomic E-state index is 0.829. The molecule has 47 heavy (non-hydrogen) atoms. The van der Waals surface area contributed by atoms with Crippen LogP contribution < -0.4 is 4.90 Å². The lowest BCUT2D eigenvalue weighted by Gasteiger charge is -2.30. The molecule has 7 aromatic carbocycles. The Labute approximate surface area is 274 Å². The summed E-state index contributed by atoms with van der Waals surface area (Å²) in [6.45, 7) is 2.16. The van der Waals surface area contributed by atoms with Crippen molar-refractivity contribution in [3.8, 4) is 23.5 Å². The molecule has 0 aliphatic heterocycles. The number of nitrogens with zero attached hydrogens (tertiary/aromatic N) is 1. The van der Waals surface area contributed by atoms with E-state index in [0.717, 1.165) is 71.7 Å². The van der Waals surface area contributed by atoms with Crippen LogP contribution in [0.5, 0.6) is 0 Å². The predicted molar refractivity (Wildman–Crippen MR) is 200 cm³/mol. The van der Waals surface area contributed by atoms with Gasteiger partial charge in [0.2, 0.25) is 0 Å². The van der Waals surface area contributed by atoms with Gasteiger partial charge in [-0.1, -0.05) is 133 Å². The van der Waals surface area contributed by atoms with Gasteiger partial charge in [-0.15, -0.1) is 6.42 Å². The van der Waals surface area contributed by atoms with E-state index in [1.54, 1.807) is 6.08 Å². The van der Waals surface area contributed by atoms with Gasteiger partial charge in [0.1, 0.15) is 11.2 Å². The Bertz CT molecular complexity index is 2520. The third-order valence-electron chi connectivity index (χ3n) is 8.98. The van der Waals surface area contributed by atoms with E-state index < -0.39 is 0 Å². The minimum absolute atomic E-state index is 0.829.